The number of ether oxygens (including phenoxy) is 1. The molecule has 0 aromatic heterocycles. The SMILES string of the molecule is O=S1(=O)C[C@@H]2[C@H](C1)[C@H]1C=C[C@@H]2O1. The minimum atomic E-state index is -2.75. The Kier molecular flexibility index (Phi) is 1.14. The van der Waals surface area contributed by atoms with Gasteiger partial charge in [0.2, 0.25) is 0 Å². The average molecular weight is 186 g/mol. The molecular formula is C8H10O3S. The Bertz CT molecular complexity index is 317. The first-order chi connectivity index (χ1) is 5.66. The third-order valence-electron chi connectivity index (χ3n) is 3.09. The van der Waals surface area contributed by atoms with Crippen molar-refractivity contribution in [1.29, 1.82) is 0 Å². The molecule has 4 heteroatoms. The molecule has 3 aliphatic heterocycles. The van der Waals surface area contributed by atoms with Crippen LogP contribution in [-0.4, -0.2) is 32.1 Å². The fourth-order valence-electron chi connectivity index (χ4n) is 2.56. The van der Waals surface area contributed by atoms with Crippen molar-refractivity contribution in [3.05, 3.63) is 12.2 Å². The molecule has 0 unspecified atom stereocenters. The molecular weight excluding hydrogens is 176 g/mol. The predicted octanol–water partition coefficient (Wildman–Crippen LogP) is -0.0156. The Morgan fingerprint density at radius 3 is 2.08 bits per heavy atom. The summed E-state index contributed by atoms with van der Waals surface area (Å²) in [5.74, 6) is 1.18. The molecule has 0 aliphatic carbocycles. The van der Waals surface area contributed by atoms with Crippen LogP contribution in [0.2, 0.25) is 0 Å². The van der Waals surface area contributed by atoms with Crippen LogP contribution in [0.4, 0.5) is 0 Å². The molecule has 3 heterocycles. The maximum absolute atomic E-state index is 11.3. The second-order valence-electron chi connectivity index (χ2n) is 3.85. The highest BCUT2D eigenvalue weighted by Crippen LogP contribution is 2.44. The van der Waals surface area contributed by atoms with Gasteiger partial charge >= 0.3 is 0 Å². The fourth-order valence-corrected chi connectivity index (χ4v) is 4.74. The van der Waals surface area contributed by atoms with Crippen molar-refractivity contribution in [2.24, 2.45) is 11.8 Å². The van der Waals surface area contributed by atoms with Gasteiger partial charge in [-0.1, -0.05) is 12.2 Å². The van der Waals surface area contributed by atoms with E-state index < -0.39 is 9.84 Å². The molecule has 2 fully saturated rings. The Morgan fingerprint density at radius 2 is 1.58 bits per heavy atom. The average Bonchev–Trinajstić information content (AvgIpc) is 2.54. The molecule has 0 aromatic carbocycles. The van der Waals surface area contributed by atoms with Gasteiger partial charge in [-0.3, -0.25) is 0 Å². The Morgan fingerprint density at radius 1 is 1.08 bits per heavy atom. The summed E-state index contributed by atoms with van der Waals surface area (Å²) in [5.41, 5.74) is 0. The Balaban J connectivity index is 2.01. The van der Waals surface area contributed by atoms with Crippen LogP contribution in [0.25, 0.3) is 0 Å². The Hall–Kier alpha value is -0.350. The normalized spacial score (nSPS) is 53.0. The first-order valence-corrected chi connectivity index (χ1v) is 6.02. The number of fused-ring (bicyclic) bond motifs is 5. The van der Waals surface area contributed by atoms with Crippen molar-refractivity contribution < 1.29 is 13.2 Å². The maximum Gasteiger partial charge on any atom is 0.151 e. The molecule has 2 bridgehead atoms. The van der Waals surface area contributed by atoms with Gasteiger partial charge in [0.25, 0.3) is 0 Å². The van der Waals surface area contributed by atoms with E-state index >= 15 is 0 Å². The van der Waals surface area contributed by atoms with Crippen LogP contribution in [0.3, 0.4) is 0 Å². The van der Waals surface area contributed by atoms with Gasteiger partial charge in [-0.15, -0.1) is 0 Å². The Labute approximate surface area is 71.3 Å². The van der Waals surface area contributed by atoms with Crippen LogP contribution in [0.1, 0.15) is 0 Å². The van der Waals surface area contributed by atoms with Gasteiger partial charge in [0.05, 0.1) is 23.7 Å². The van der Waals surface area contributed by atoms with Crippen LogP contribution in [-0.2, 0) is 14.6 Å². The summed E-state index contributed by atoms with van der Waals surface area (Å²) >= 11 is 0. The van der Waals surface area contributed by atoms with Crippen LogP contribution in [0, 0.1) is 11.8 Å². The van der Waals surface area contributed by atoms with Crippen LogP contribution < -0.4 is 0 Å². The van der Waals surface area contributed by atoms with E-state index in [2.05, 4.69) is 0 Å². The summed E-state index contributed by atoms with van der Waals surface area (Å²) < 4.78 is 28.1. The van der Waals surface area contributed by atoms with Gasteiger partial charge < -0.3 is 4.74 Å². The number of sulfone groups is 1. The van der Waals surface area contributed by atoms with Gasteiger partial charge in [-0.25, -0.2) is 8.42 Å². The second kappa shape index (κ2) is 1.93. The molecule has 4 atom stereocenters. The smallest absolute Gasteiger partial charge is 0.151 e. The van der Waals surface area contributed by atoms with Gasteiger partial charge in [0, 0.05) is 11.8 Å². The van der Waals surface area contributed by atoms with E-state index in [-0.39, 0.29) is 24.0 Å². The van der Waals surface area contributed by atoms with E-state index in [0.29, 0.717) is 11.5 Å². The summed E-state index contributed by atoms with van der Waals surface area (Å²) in [6.45, 7) is 0. The molecule has 2 saturated heterocycles. The van der Waals surface area contributed by atoms with E-state index in [1.165, 1.54) is 0 Å². The molecule has 3 aliphatic rings. The van der Waals surface area contributed by atoms with Crippen LogP contribution >= 0.6 is 0 Å². The molecule has 0 amide bonds. The molecule has 0 aromatic rings. The summed E-state index contributed by atoms with van der Waals surface area (Å²) in [4.78, 5) is 0. The molecule has 0 N–H and O–H groups in total. The lowest BCUT2D eigenvalue weighted by molar-refractivity contribution is 0.105. The van der Waals surface area contributed by atoms with Crippen molar-refractivity contribution in [1.82, 2.24) is 0 Å². The fraction of sp³-hybridized carbons (Fsp3) is 0.750. The first-order valence-electron chi connectivity index (χ1n) is 4.20. The highest BCUT2D eigenvalue weighted by molar-refractivity contribution is 7.91. The summed E-state index contributed by atoms with van der Waals surface area (Å²) in [6, 6.07) is 0. The van der Waals surface area contributed by atoms with Crippen molar-refractivity contribution >= 4 is 9.84 Å². The molecule has 0 saturated carbocycles. The largest absolute Gasteiger partial charge is 0.366 e. The third kappa shape index (κ3) is 0.769. The highest BCUT2D eigenvalue weighted by Gasteiger charge is 2.53. The lowest BCUT2D eigenvalue weighted by Gasteiger charge is -2.13. The lowest BCUT2D eigenvalue weighted by atomic mass is 9.86. The number of rotatable bonds is 0. The maximum atomic E-state index is 11.3. The van der Waals surface area contributed by atoms with Gasteiger partial charge in [0.1, 0.15) is 0 Å². The topological polar surface area (TPSA) is 43.4 Å². The molecule has 0 radical (unpaired) electrons. The van der Waals surface area contributed by atoms with Crippen LogP contribution in [0.15, 0.2) is 12.2 Å². The standard InChI is InChI=1S/C8H10O3S/c9-12(10)3-5-6(4-12)8-2-1-7(5)11-8/h1-2,5-8H,3-4H2/t5-,6+,7+,8-. The van der Waals surface area contributed by atoms with Crippen LogP contribution in [0.5, 0.6) is 0 Å². The summed E-state index contributed by atoms with van der Waals surface area (Å²) in [6.07, 6.45) is 4.20. The number of hydrogen-bond donors (Lipinski definition) is 0. The molecule has 0 spiro atoms. The van der Waals surface area contributed by atoms with Gasteiger partial charge in [-0.05, 0) is 0 Å². The van der Waals surface area contributed by atoms with Gasteiger partial charge in [0.15, 0.2) is 9.84 Å². The van der Waals surface area contributed by atoms with Crippen molar-refractivity contribution in [2.45, 2.75) is 12.2 Å². The summed E-state index contributed by atoms with van der Waals surface area (Å²) in [7, 11) is -2.75. The molecule has 66 valence electrons. The zero-order valence-electron chi connectivity index (χ0n) is 6.51. The minimum Gasteiger partial charge on any atom is -0.366 e. The van der Waals surface area contributed by atoms with E-state index in [0.717, 1.165) is 0 Å². The van der Waals surface area contributed by atoms with E-state index in [4.69, 9.17) is 4.74 Å². The van der Waals surface area contributed by atoms with Crippen molar-refractivity contribution in [2.75, 3.05) is 11.5 Å². The third-order valence-corrected chi connectivity index (χ3v) is 4.88. The van der Waals surface area contributed by atoms with Crippen molar-refractivity contribution in [3.63, 3.8) is 0 Å². The highest BCUT2D eigenvalue weighted by atomic mass is 32.2. The van der Waals surface area contributed by atoms with Crippen molar-refractivity contribution in [3.8, 4) is 0 Å². The molecule has 3 nitrogen and oxygen atoms in total. The minimum absolute atomic E-state index is 0.0947. The first kappa shape index (κ1) is 7.09. The monoisotopic (exact) mass is 186 g/mol. The molecule has 3 rings (SSSR count). The zero-order valence-corrected chi connectivity index (χ0v) is 7.33. The zero-order chi connectivity index (χ0) is 8.34. The van der Waals surface area contributed by atoms with E-state index in [9.17, 15) is 8.42 Å². The summed E-state index contributed by atoms with van der Waals surface area (Å²) in [5, 5.41) is 0. The van der Waals surface area contributed by atoms with E-state index in [1.807, 2.05) is 12.2 Å². The van der Waals surface area contributed by atoms with E-state index in [1.54, 1.807) is 0 Å². The second-order valence-corrected chi connectivity index (χ2v) is 6.01. The quantitative estimate of drug-likeness (QED) is 0.499. The lowest BCUT2D eigenvalue weighted by Crippen LogP contribution is -2.21. The predicted molar refractivity (Wildman–Crippen MR) is 43.4 cm³/mol. The molecule has 12 heavy (non-hydrogen) atoms. The number of hydrogen-bond acceptors (Lipinski definition) is 3. The van der Waals surface area contributed by atoms with Gasteiger partial charge in [-0.2, -0.15) is 0 Å².